The van der Waals surface area contributed by atoms with Crippen LogP contribution in [-0.4, -0.2) is 57.1 Å². The van der Waals surface area contributed by atoms with E-state index in [1.165, 1.54) is 28.1 Å². The van der Waals surface area contributed by atoms with Crippen LogP contribution in [-0.2, 0) is 28.7 Å². The Morgan fingerprint density at radius 1 is 1.31 bits per heavy atom. The van der Waals surface area contributed by atoms with Gasteiger partial charge in [-0.3, -0.25) is 24.2 Å². The monoisotopic (exact) mass is 512 g/mol. The van der Waals surface area contributed by atoms with E-state index >= 15 is 0 Å². The van der Waals surface area contributed by atoms with Gasteiger partial charge in [-0.1, -0.05) is 30.9 Å². The highest BCUT2D eigenvalue weighted by Gasteiger charge is 2.58. The molecule has 2 N–H and O–H groups in total. The molecule has 1 aromatic heterocycles. The van der Waals surface area contributed by atoms with Gasteiger partial charge in [0, 0.05) is 16.7 Å². The summed E-state index contributed by atoms with van der Waals surface area (Å²) in [5.74, 6) is -2.75. The molecule has 3 aliphatic heterocycles. The van der Waals surface area contributed by atoms with Crippen LogP contribution < -0.4 is 10.6 Å². The maximum atomic E-state index is 13.3. The van der Waals surface area contributed by atoms with Crippen LogP contribution in [0.2, 0.25) is 0 Å². The first-order valence-corrected chi connectivity index (χ1v) is 12.1. The van der Waals surface area contributed by atoms with Crippen molar-refractivity contribution in [3.8, 4) is 0 Å². The average Bonchev–Trinajstić information content (AvgIpc) is 3.43. The standard InChI is InChI=1S/C22H16N4O7S2/c1-2-10-8-34-18-16(25(14(28)7-27)13-9-35-22(23)24-13)17(29)26(18)15(10)20(31)33-21-12-6-4-3-5-11(12)19(30)32-21/h2-7,9,16,18,21H,1,8H2,(H2,23,24)/t16?,18-,21?/m0/s1. The van der Waals surface area contributed by atoms with Gasteiger partial charge >= 0.3 is 11.9 Å². The lowest BCUT2D eigenvalue weighted by Gasteiger charge is -2.52. The van der Waals surface area contributed by atoms with Crippen molar-refractivity contribution in [2.75, 3.05) is 16.4 Å². The third-order valence-electron chi connectivity index (χ3n) is 5.65. The van der Waals surface area contributed by atoms with Crippen molar-refractivity contribution in [2.45, 2.75) is 17.7 Å². The number of hydrogen-bond acceptors (Lipinski definition) is 11. The largest absolute Gasteiger partial charge is 0.417 e. The van der Waals surface area contributed by atoms with Crippen LogP contribution in [0.15, 0.2) is 53.6 Å². The molecule has 13 heteroatoms. The van der Waals surface area contributed by atoms with E-state index in [4.69, 9.17) is 15.2 Å². The second-order valence-corrected chi connectivity index (χ2v) is 9.53. The number of benzene rings is 1. The summed E-state index contributed by atoms with van der Waals surface area (Å²) < 4.78 is 10.7. The summed E-state index contributed by atoms with van der Waals surface area (Å²) in [6.07, 6.45) is 0.256. The third kappa shape index (κ3) is 3.59. The number of amides is 2. The Balaban J connectivity index is 1.44. The van der Waals surface area contributed by atoms with Crippen LogP contribution in [0.25, 0.3) is 0 Å². The normalized spacial score (nSPS) is 22.5. The number of nitrogens with zero attached hydrogens (tertiary/aromatic N) is 3. The summed E-state index contributed by atoms with van der Waals surface area (Å²) in [4.78, 5) is 68.5. The summed E-state index contributed by atoms with van der Waals surface area (Å²) in [5, 5.41) is 0.929. The van der Waals surface area contributed by atoms with Crippen molar-refractivity contribution in [1.82, 2.24) is 9.88 Å². The Hall–Kier alpha value is -3.97. The Bertz CT molecular complexity index is 1340. The van der Waals surface area contributed by atoms with Crippen LogP contribution >= 0.6 is 23.1 Å². The molecule has 0 spiro atoms. The molecular formula is C22H16N4O7S2. The number of rotatable bonds is 6. The molecule has 2 amide bonds. The van der Waals surface area contributed by atoms with Gasteiger partial charge in [-0.2, -0.15) is 0 Å². The smallest absolute Gasteiger partial charge is 0.358 e. The summed E-state index contributed by atoms with van der Waals surface area (Å²) in [6.45, 7) is 3.72. The molecule has 2 aromatic rings. The number of thiazole rings is 1. The zero-order chi connectivity index (χ0) is 24.9. The van der Waals surface area contributed by atoms with Gasteiger partial charge in [0.2, 0.25) is 6.29 Å². The average molecular weight is 513 g/mol. The van der Waals surface area contributed by atoms with Crippen molar-refractivity contribution in [3.63, 3.8) is 0 Å². The van der Waals surface area contributed by atoms with Crippen LogP contribution in [0.5, 0.6) is 0 Å². The van der Waals surface area contributed by atoms with E-state index in [9.17, 15) is 24.0 Å². The van der Waals surface area contributed by atoms with E-state index in [1.54, 1.807) is 24.3 Å². The van der Waals surface area contributed by atoms with Crippen molar-refractivity contribution in [2.24, 2.45) is 0 Å². The molecule has 3 aliphatic rings. The molecule has 1 fully saturated rings. The maximum Gasteiger partial charge on any atom is 0.358 e. The van der Waals surface area contributed by atoms with Crippen molar-refractivity contribution < 1.29 is 33.4 Å². The van der Waals surface area contributed by atoms with E-state index in [0.29, 0.717) is 11.1 Å². The van der Waals surface area contributed by atoms with Gasteiger partial charge in [-0.05, 0) is 11.6 Å². The molecule has 178 valence electrons. The molecule has 0 aliphatic carbocycles. The molecular weight excluding hydrogens is 496 g/mol. The highest BCUT2D eigenvalue weighted by atomic mass is 32.2. The third-order valence-corrected chi connectivity index (χ3v) is 7.59. The Morgan fingerprint density at radius 2 is 2.09 bits per heavy atom. The molecule has 35 heavy (non-hydrogen) atoms. The molecule has 0 radical (unpaired) electrons. The second kappa shape index (κ2) is 8.67. The number of anilines is 2. The predicted octanol–water partition coefficient (Wildman–Crippen LogP) is 1.39. The number of carbonyl (C=O) groups excluding carboxylic acids is 5. The molecule has 4 heterocycles. The number of β-lactam (4-membered cyclic amide) rings is 1. The van der Waals surface area contributed by atoms with Crippen LogP contribution in [0, 0.1) is 0 Å². The lowest BCUT2D eigenvalue weighted by molar-refractivity contribution is -0.168. The first kappa shape index (κ1) is 22.8. The molecule has 0 bridgehead atoms. The number of nitrogen functional groups attached to an aromatic ring is 1. The lowest BCUT2D eigenvalue weighted by atomic mass is 10.0. The van der Waals surface area contributed by atoms with Crippen molar-refractivity contribution >= 4 is 64.1 Å². The number of cyclic esters (lactones) is 1. The van der Waals surface area contributed by atoms with E-state index in [-0.39, 0.29) is 34.2 Å². The molecule has 0 saturated carbocycles. The van der Waals surface area contributed by atoms with Gasteiger partial charge in [0.25, 0.3) is 18.1 Å². The van der Waals surface area contributed by atoms with Gasteiger partial charge in [-0.25, -0.2) is 14.6 Å². The van der Waals surface area contributed by atoms with E-state index in [2.05, 4.69) is 11.6 Å². The predicted molar refractivity (Wildman–Crippen MR) is 125 cm³/mol. The van der Waals surface area contributed by atoms with Crippen LogP contribution in [0.1, 0.15) is 22.2 Å². The number of aromatic nitrogens is 1. The van der Waals surface area contributed by atoms with E-state index in [0.717, 1.165) is 16.2 Å². The SMILES string of the molecule is C=CC1=C(C(=O)OC2OC(=O)c3ccccc32)N2C(=O)C(N(C(=O)C=O)c3csc(N)n3)[C@@H]2SC1. The lowest BCUT2D eigenvalue weighted by Crippen LogP contribution is -2.72. The first-order valence-electron chi connectivity index (χ1n) is 10.2. The number of ether oxygens (including phenoxy) is 2. The second-order valence-electron chi connectivity index (χ2n) is 7.53. The molecule has 2 unspecified atom stereocenters. The number of fused-ring (bicyclic) bond motifs is 2. The minimum absolute atomic E-state index is 0.0678. The Labute approximate surface area is 206 Å². The highest BCUT2D eigenvalue weighted by Crippen LogP contribution is 2.45. The zero-order valence-corrected chi connectivity index (χ0v) is 19.4. The van der Waals surface area contributed by atoms with Gasteiger partial charge in [-0.15, -0.1) is 23.1 Å². The fourth-order valence-corrected chi connectivity index (χ4v) is 5.99. The van der Waals surface area contributed by atoms with E-state index < -0.39 is 41.5 Å². The topological polar surface area (TPSA) is 149 Å². The Kier molecular flexibility index (Phi) is 5.65. The highest BCUT2D eigenvalue weighted by molar-refractivity contribution is 8.00. The minimum atomic E-state index is -1.27. The van der Waals surface area contributed by atoms with E-state index in [1.807, 2.05) is 0 Å². The summed E-state index contributed by atoms with van der Waals surface area (Å²) >= 11 is 2.34. The molecule has 3 atom stereocenters. The quantitative estimate of drug-likeness (QED) is 0.260. The van der Waals surface area contributed by atoms with Crippen LogP contribution in [0.3, 0.4) is 0 Å². The number of carbonyl (C=O) groups is 5. The summed E-state index contributed by atoms with van der Waals surface area (Å²) in [7, 11) is 0. The summed E-state index contributed by atoms with van der Waals surface area (Å²) in [5.41, 5.74) is 6.71. The van der Waals surface area contributed by atoms with Gasteiger partial charge in [0.05, 0.1) is 5.56 Å². The zero-order valence-electron chi connectivity index (χ0n) is 17.8. The van der Waals surface area contributed by atoms with Gasteiger partial charge < -0.3 is 15.2 Å². The van der Waals surface area contributed by atoms with Crippen molar-refractivity contribution in [1.29, 1.82) is 0 Å². The number of hydrogen-bond donors (Lipinski definition) is 1. The maximum absolute atomic E-state index is 13.3. The fourth-order valence-electron chi connectivity index (χ4n) is 4.07. The summed E-state index contributed by atoms with van der Waals surface area (Å²) in [6, 6.07) is 5.41. The first-order chi connectivity index (χ1) is 16.8. The number of aldehydes is 1. The van der Waals surface area contributed by atoms with Gasteiger partial charge in [0.1, 0.15) is 22.9 Å². The van der Waals surface area contributed by atoms with Crippen molar-refractivity contribution in [3.05, 3.63) is 64.7 Å². The number of thioether (sulfide) groups is 1. The Morgan fingerprint density at radius 3 is 2.77 bits per heavy atom. The molecule has 5 rings (SSSR count). The molecule has 1 saturated heterocycles. The van der Waals surface area contributed by atoms with Gasteiger partial charge in [0.15, 0.2) is 5.13 Å². The molecule has 1 aromatic carbocycles. The minimum Gasteiger partial charge on any atom is -0.417 e. The number of nitrogens with two attached hydrogens (primary N) is 1. The number of allylic oxidation sites excluding steroid dienone is 1. The number of esters is 2. The van der Waals surface area contributed by atoms with Crippen LogP contribution in [0.4, 0.5) is 10.9 Å². The molecule has 11 nitrogen and oxygen atoms in total. The fraction of sp³-hybridized carbons (Fsp3) is 0.182.